The molecule has 0 saturated carbocycles. The van der Waals surface area contributed by atoms with Gasteiger partial charge < -0.3 is 14.4 Å². The van der Waals surface area contributed by atoms with Crippen molar-refractivity contribution in [1.29, 1.82) is 0 Å². The highest BCUT2D eigenvalue weighted by atomic mass is 35.5. The maximum absolute atomic E-state index is 13.0. The number of halogens is 2. The molecule has 0 aliphatic carbocycles. The predicted molar refractivity (Wildman–Crippen MR) is 88.7 cm³/mol. The number of piperazine rings is 1. The molecule has 4 nitrogen and oxygen atoms in total. The number of benzene rings is 1. The SMILES string of the molecule is Fc1ccc(OCCN2CCN(C[C@@H]3CCOC3)CC2)c(Cl)c1. The Morgan fingerprint density at radius 1 is 1.22 bits per heavy atom. The molecule has 0 N–H and O–H groups in total. The Hall–Kier alpha value is -0.880. The summed E-state index contributed by atoms with van der Waals surface area (Å²) in [4.78, 5) is 4.94. The van der Waals surface area contributed by atoms with Crippen LogP contribution in [0.25, 0.3) is 0 Å². The van der Waals surface area contributed by atoms with Gasteiger partial charge in [-0.3, -0.25) is 4.90 Å². The summed E-state index contributed by atoms with van der Waals surface area (Å²) in [5, 5.41) is 0.327. The fourth-order valence-corrected chi connectivity index (χ4v) is 3.39. The summed E-state index contributed by atoms with van der Waals surface area (Å²) in [5.74, 6) is 0.921. The first-order valence-electron chi connectivity index (χ1n) is 8.31. The molecule has 128 valence electrons. The molecular formula is C17H24ClFN2O2. The van der Waals surface area contributed by atoms with Gasteiger partial charge in [0.2, 0.25) is 0 Å². The summed E-state index contributed by atoms with van der Waals surface area (Å²) < 4.78 is 24.1. The van der Waals surface area contributed by atoms with Crippen LogP contribution in [0.15, 0.2) is 18.2 Å². The summed E-state index contributed by atoms with van der Waals surface area (Å²) in [7, 11) is 0. The molecule has 1 aromatic rings. The van der Waals surface area contributed by atoms with E-state index in [1.165, 1.54) is 18.6 Å². The van der Waals surface area contributed by atoms with Gasteiger partial charge in [0.15, 0.2) is 0 Å². The van der Waals surface area contributed by atoms with E-state index in [9.17, 15) is 4.39 Å². The predicted octanol–water partition coefficient (Wildman–Crippen LogP) is 2.51. The fourth-order valence-electron chi connectivity index (χ4n) is 3.16. The van der Waals surface area contributed by atoms with Crippen LogP contribution in [0.5, 0.6) is 5.75 Å². The van der Waals surface area contributed by atoms with Gasteiger partial charge in [0.1, 0.15) is 18.2 Å². The van der Waals surface area contributed by atoms with Crippen LogP contribution >= 0.6 is 11.6 Å². The van der Waals surface area contributed by atoms with E-state index in [1.807, 2.05) is 0 Å². The average molecular weight is 343 g/mol. The van der Waals surface area contributed by atoms with Crippen molar-refractivity contribution >= 4 is 11.6 Å². The normalized spacial score (nSPS) is 23.3. The van der Waals surface area contributed by atoms with Gasteiger partial charge in [-0.15, -0.1) is 0 Å². The lowest BCUT2D eigenvalue weighted by Gasteiger charge is -2.35. The molecule has 3 rings (SSSR count). The minimum atomic E-state index is -0.342. The highest BCUT2D eigenvalue weighted by Crippen LogP contribution is 2.24. The van der Waals surface area contributed by atoms with Crippen molar-refractivity contribution in [2.24, 2.45) is 5.92 Å². The molecule has 0 unspecified atom stereocenters. The Labute approximate surface area is 142 Å². The van der Waals surface area contributed by atoms with Crippen LogP contribution in [0.2, 0.25) is 5.02 Å². The molecule has 6 heteroatoms. The zero-order chi connectivity index (χ0) is 16.1. The van der Waals surface area contributed by atoms with Gasteiger partial charge in [0.05, 0.1) is 11.6 Å². The van der Waals surface area contributed by atoms with E-state index in [2.05, 4.69) is 9.80 Å². The second kappa shape index (κ2) is 8.29. The van der Waals surface area contributed by atoms with Gasteiger partial charge in [0.25, 0.3) is 0 Å². The first-order valence-corrected chi connectivity index (χ1v) is 8.69. The molecular weight excluding hydrogens is 319 g/mol. The van der Waals surface area contributed by atoms with Crippen molar-refractivity contribution < 1.29 is 13.9 Å². The minimum absolute atomic E-state index is 0.327. The van der Waals surface area contributed by atoms with Crippen LogP contribution in [-0.4, -0.2) is 68.9 Å². The number of hydrogen-bond donors (Lipinski definition) is 0. The molecule has 2 aliphatic rings. The highest BCUT2D eigenvalue weighted by Gasteiger charge is 2.22. The van der Waals surface area contributed by atoms with Crippen LogP contribution in [0.1, 0.15) is 6.42 Å². The van der Waals surface area contributed by atoms with E-state index in [1.54, 1.807) is 6.07 Å². The molecule has 0 spiro atoms. The van der Waals surface area contributed by atoms with Gasteiger partial charge in [-0.05, 0) is 30.5 Å². The fraction of sp³-hybridized carbons (Fsp3) is 0.647. The monoisotopic (exact) mass is 342 g/mol. The number of ether oxygens (including phenoxy) is 2. The quantitative estimate of drug-likeness (QED) is 0.793. The van der Waals surface area contributed by atoms with Crippen LogP contribution in [-0.2, 0) is 4.74 Å². The number of nitrogens with zero attached hydrogens (tertiary/aromatic N) is 2. The summed E-state index contributed by atoms with van der Waals surface area (Å²) in [5.41, 5.74) is 0. The van der Waals surface area contributed by atoms with E-state index in [0.717, 1.165) is 52.5 Å². The van der Waals surface area contributed by atoms with Crippen molar-refractivity contribution in [2.45, 2.75) is 6.42 Å². The van der Waals surface area contributed by atoms with E-state index >= 15 is 0 Å². The Kier molecular flexibility index (Phi) is 6.11. The van der Waals surface area contributed by atoms with E-state index in [-0.39, 0.29) is 5.82 Å². The van der Waals surface area contributed by atoms with Crippen molar-refractivity contribution in [3.8, 4) is 5.75 Å². The first kappa shape index (κ1) is 17.0. The Balaban J connectivity index is 1.34. The Morgan fingerprint density at radius 3 is 2.70 bits per heavy atom. The lowest BCUT2D eigenvalue weighted by Crippen LogP contribution is -2.48. The Bertz CT molecular complexity index is 503. The summed E-state index contributed by atoms with van der Waals surface area (Å²) >= 11 is 5.96. The third-order valence-electron chi connectivity index (χ3n) is 4.56. The molecule has 1 aromatic carbocycles. The van der Waals surface area contributed by atoms with Crippen molar-refractivity contribution in [3.05, 3.63) is 29.0 Å². The molecule has 0 bridgehead atoms. The molecule has 2 aliphatic heterocycles. The number of rotatable bonds is 6. The standard InChI is InChI=1S/C17H24ClFN2O2/c18-16-11-15(19)1-2-17(16)23-10-8-20-4-6-21(7-5-20)12-14-3-9-22-13-14/h1-2,11,14H,3-10,12-13H2/t14-/m0/s1. The third-order valence-corrected chi connectivity index (χ3v) is 4.86. The third kappa shape index (κ3) is 5.05. The largest absolute Gasteiger partial charge is 0.491 e. The summed E-state index contributed by atoms with van der Waals surface area (Å²) in [6, 6.07) is 4.23. The first-order chi connectivity index (χ1) is 11.2. The molecule has 0 amide bonds. The second-order valence-corrected chi connectivity index (χ2v) is 6.70. The smallest absolute Gasteiger partial charge is 0.138 e. The molecule has 2 heterocycles. The minimum Gasteiger partial charge on any atom is -0.491 e. The van der Waals surface area contributed by atoms with E-state index in [4.69, 9.17) is 21.1 Å². The molecule has 0 aromatic heterocycles. The van der Waals surface area contributed by atoms with Gasteiger partial charge >= 0.3 is 0 Å². The van der Waals surface area contributed by atoms with Crippen molar-refractivity contribution in [2.75, 3.05) is 59.1 Å². The van der Waals surface area contributed by atoms with Gasteiger partial charge in [0, 0.05) is 45.9 Å². The Morgan fingerprint density at radius 2 is 2.00 bits per heavy atom. The van der Waals surface area contributed by atoms with Crippen LogP contribution < -0.4 is 4.74 Å². The van der Waals surface area contributed by atoms with Crippen molar-refractivity contribution in [1.82, 2.24) is 9.80 Å². The van der Waals surface area contributed by atoms with E-state index in [0.29, 0.717) is 23.3 Å². The van der Waals surface area contributed by atoms with E-state index < -0.39 is 0 Å². The van der Waals surface area contributed by atoms with Gasteiger partial charge in [-0.2, -0.15) is 0 Å². The van der Waals surface area contributed by atoms with Gasteiger partial charge in [-0.25, -0.2) is 4.39 Å². The molecule has 1 atom stereocenters. The van der Waals surface area contributed by atoms with Gasteiger partial charge in [-0.1, -0.05) is 11.6 Å². The summed E-state index contributed by atoms with van der Waals surface area (Å²) in [6.45, 7) is 8.79. The highest BCUT2D eigenvalue weighted by molar-refractivity contribution is 6.32. The molecule has 23 heavy (non-hydrogen) atoms. The molecule has 0 radical (unpaired) electrons. The maximum atomic E-state index is 13.0. The van der Waals surface area contributed by atoms with Crippen LogP contribution in [0.3, 0.4) is 0 Å². The number of hydrogen-bond acceptors (Lipinski definition) is 4. The van der Waals surface area contributed by atoms with Crippen LogP contribution in [0.4, 0.5) is 4.39 Å². The summed E-state index contributed by atoms with van der Waals surface area (Å²) in [6.07, 6.45) is 1.20. The van der Waals surface area contributed by atoms with Crippen LogP contribution in [0, 0.1) is 11.7 Å². The second-order valence-electron chi connectivity index (χ2n) is 6.30. The zero-order valence-electron chi connectivity index (χ0n) is 13.3. The maximum Gasteiger partial charge on any atom is 0.138 e. The topological polar surface area (TPSA) is 24.9 Å². The lowest BCUT2D eigenvalue weighted by molar-refractivity contribution is 0.100. The average Bonchev–Trinajstić information content (AvgIpc) is 3.04. The van der Waals surface area contributed by atoms with Crippen molar-refractivity contribution in [3.63, 3.8) is 0 Å². The molecule has 2 fully saturated rings. The zero-order valence-corrected chi connectivity index (χ0v) is 14.1. The molecule has 2 saturated heterocycles. The lowest BCUT2D eigenvalue weighted by atomic mass is 10.1.